The molecule has 0 rings (SSSR count). The molecule has 0 radical (unpaired) electrons. The number of allylic oxidation sites excluding steroid dienone is 4. The molecule has 0 aliphatic rings. The van der Waals surface area contributed by atoms with Crippen LogP contribution in [0.3, 0.4) is 0 Å². The monoisotopic (exact) mass is 566 g/mol. The lowest BCUT2D eigenvalue weighted by Crippen LogP contribution is -2.50. The van der Waals surface area contributed by atoms with E-state index in [9.17, 15) is 20.1 Å². The third-order valence-corrected chi connectivity index (χ3v) is 7.78. The number of amides is 1. The van der Waals surface area contributed by atoms with Crippen molar-refractivity contribution in [3.63, 3.8) is 0 Å². The summed E-state index contributed by atoms with van der Waals surface area (Å²) in [5, 5.41) is 33.1. The number of hydrogen-bond donors (Lipinski definition) is 4. The van der Waals surface area contributed by atoms with Crippen molar-refractivity contribution in [3.05, 3.63) is 24.3 Å². The number of hydrogen-bond acceptors (Lipinski definition) is 4. The predicted molar refractivity (Wildman–Crippen MR) is 171 cm³/mol. The van der Waals surface area contributed by atoms with Crippen LogP contribution < -0.4 is 5.32 Å². The molecule has 0 saturated heterocycles. The number of rotatable bonds is 30. The van der Waals surface area contributed by atoms with Gasteiger partial charge in [0.15, 0.2) is 0 Å². The van der Waals surface area contributed by atoms with Gasteiger partial charge in [-0.2, -0.15) is 0 Å². The zero-order chi connectivity index (χ0) is 29.5. The van der Waals surface area contributed by atoms with Crippen LogP contribution >= 0.6 is 0 Å². The second kappa shape index (κ2) is 30.8. The van der Waals surface area contributed by atoms with Crippen LogP contribution in [-0.2, 0) is 4.79 Å². The van der Waals surface area contributed by atoms with E-state index in [0.717, 1.165) is 38.5 Å². The Hall–Kier alpha value is -1.17. The van der Waals surface area contributed by atoms with Gasteiger partial charge >= 0.3 is 0 Å². The molecule has 5 nitrogen and oxygen atoms in total. The maximum absolute atomic E-state index is 12.2. The van der Waals surface area contributed by atoms with Crippen molar-refractivity contribution in [2.24, 2.45) is 0 Å². The molecule has 0 aliphatic carbocycles. The summed E-state index contributed by atoms with van der Waals surface area (Å²) in [7, 11) is 0. The Balaban J connectivity index is 3.76. The summed E-state index contributed by atoms with van der Waals surface area (Å²) in [6.07, 6.45) is 34.2. The summed E-state index contributed by atoms with van der Waals surface area (Å²) in [5.74, 6) is -0.192. The predicted octanol–water partition coefficient (Wildman–Crippen LogP) is 8.70. The highest BCUT2D eigenvalue weighted by Crippen LogP contribution is 2.14. The minimum Gasteiger partial charge on any atom is -0.394 e. The first-order chi connectivity index (χ1) is 19.6. The van der Waals surface area contributed by atoms with E-state index in [0.29, 0.717) is 12.8 Å². The maximum atomic E-state index is 12.2. The largest absolute Gasteiger partial charge is 0.394 e. The van der Waals surface area contributed by atoms with E-state index < -0.39 is 18.2 Å². The lowest BCUT2D eigenvalue weighted by Gasteiger charge is -2.26. The van der Waals surface area contributed by atoms with Gasteiger partial charge in [-0.15, -0.1) is 0 Å². The molecule has 0 heterocycles. The molecule has 40 heavy (non-hydrogen) atoms. The lowest BCUT2D eigenvalue weighted by atomic mass is 10.0. The summed E-state index contributed by atoms with van der Waals surface area (Å²) in [4.78, 5) is 12.2. The third-order valence-electron chi connectivity index (χ3n) is 7.78. The van der Waals surface area contributed by atoms with Crippen LogP contribution in [0.5, 0.6) is 0 Å². The zero-order valence-electron chi connectivity index (χ0n) is 26.5. The van der Waals surface area contributed by atoms with Gasteiger partial charge < -0.3 is 20.6 Å². The van der Waals surface area contributed by atoms with Gasteiger partial charge in [-0.1, -0.05) is 128 Å². The van der Waals surface area contributed by atoms with Crippen molar-refractivity contribution in [3.8, 4) is 0 Å². The second-order valence-electron chi connectivity index (χ2n) is 11.7. The smallest absolute Gasteiger partial charge is 0.220 e. The van der Waals surface area contributed by atoms with E-state index in [4.69, 9.17) is 0 Å². The SMILES string of the molecule is CCCCCC/C=C\CCCC(=O)NC(CO)C(O)C(O)CCC/C=C/CCCCCCCCCCCCCC. The topological polar surface area (TPSA) is 89.8 Å². The van der Waals surface area contributed by atoms with Crippen molar-refractivity contribution < 1.29 is 20.1 Å². The van der Waals surface area contributed by atoms with Crippen molar-refractivity contribution in [2.45, 2.75) is 186 Å². The standard InChI is InChI=1S/C35H67NO4/c1-3-5-7-9-11-13-14-15-16-17-18-19-20-22-23-25-27-29-33(38)35(40)32(31-37)36-34(39)30-28-26-24-21-12-10-8-6-4-2/h21-24,32-33,35,37-38,40H,3-20,25-31H2,1-2H3,(H,36,39)/b23-22+,24-21-. The van der Waals surface area contributed by atoms with Gasteiger partial charge in [-0.25, -0.2) is 0 Å². The van der Waals surface area contributed by atoms with E-state index in [1.165, 1.54) is 103 Å². The van der Waals surface area contributed by atoms with Crippen molar-refractivity contribution >= 4 is 5.91 Å². The summed E-state index contributed by atoms with van der Waals surface area (Å²) < 4.78 is 0. The number of unbranched alkanes of at least 4 members (excludes halogenated alkanes) is 18. The lowest BCUT2D eigenvalue weighted by molar-refractivity contribution is -0.124. The first-order valence-corrected chi connectivity index (χ1v) is 17.1. The van der Waals surface area contributed by atoms with Crippen LogP contribution in [0.2, 0.25) is 0 Å². The Morgan fingerprint density at radius 1 is 0.600 bits per heavy atom. The Labute approximate surface area is 248 Å². The van der Waals surface area contributed by atoms with E-state index in [-0.39, 0.29) is 12.5 Å². The molecule has 0 aliphatic heterocycles. The first kappa shape index (κ1) is 38.8. The molecule has 0 saturated carbocycles. The summed E-state index contributed by atoms with van der Waals surface area (Å²) in [6.45, 7) is 4.09. The number of aliphatic hydroxyl groups excluding tert-OH is 3. The molecule has 0 fully saturated rings. The van der Waals surface area contributed by atoms with E-state index in [1.54, 1.807) is 0 Å². The second-order valence-corrected chi connectivity index (χ2v) is 11.7. The number of carbonyl (C=O) groups excluding carboxylic acids is 1. The number of aliphatic hydroxyl groups is 3. The Morgan fingerprint density at radius 3 is 1.48 bits per heavy atom. The van der Waals surface area contributed by atoms with Gasteiger partial charge in [0.1, 0.15) is 6.10 Å². The number of nitrogens with one attached hydrogen (secondary N) is 1. The van der Waals surface area contributed by atoms with Gasteiger partial charge in [-0.3, -0.25) is 4.79 Å². The van der Waals surface area contributed by atoms with Gasteiger partial charge in [0.25, 0.3) is 0 Å². The first-order valence-electron chi connectivity index (χ1n) is 17.1. The van der Waals surface area contributed by atoms with Crippen LogP contribution in [0.1, 0.15) is 168 Å². The highest BCUT2D eigenvalue weighted by atomic mass is 16.3. The molecule has 0 aromatic carbocycles. The van der Waals surface area contributed by atoms with Gasteiger partial charge in [0.2, 0.25) is 5.91 Å². The van der Waals surface area contributed by atoms with Gasteiger partial charge in [-0.05, 0) is 57.8 Å². The molecule has 0 spiro atoms. The summed E-state index contributed by atoms with van der Waals surface area (Å²) >= 11 is 0. The molecule has 0 bridgehead atoms. The average Bonchev–Trinajstić information content (AvgIpc) is 2.96. The van der Waals surface area contributed by atoms with Gasteiger partial charge in [0, 0.05) is 6.42 Å². The number of carbonyl (C=O) groups is 1. The highest BCUT2D eigenvalue weighted by molar-refractivity contribution is 5.76. The van der Waals surface area contributed by atoms with Crippen LogP contribution in [0.25, 0.3) is 0 Å². The molecule has 1 amide bonds. The average molecular weight is 566 g/mol. The molecule has 4 N–H and O–H groups in total. The van der Waals surface area contributed by atoms with Crippen LogP contribution in [-0.4, -0.2) is 46.1 Å². The van der Waals surface area contributed by atoms with Crippen molar-refractivity contribution in [1.29, 1.82) is 0 Å². The molecule has 0 aromatic rings. The van der Waals surface area contributed by atoms with Crippen LogP contribution in [0.4, 0.5) is 0 Å². The van der Waals surface area contributed by atoms with E-state index in [1.807, 2.05) is 0 Å². The summed E-state index contributed by atoms with van der Waals surface area (Å²) in [6, 6.07) is -0.835. The quantitative estimate of drug-likeness (QED) is 0.0518. The highest BCUT2D eigenvalue weighted by Gasteiger charge is 2.26. The fraction of sp³-hybridized carbons (Fsp3) is 0.857. The maximum Gasteiger partial charge on any atom is 0.220 e. The van der Waals surface area contributed by atoms with E-state index >= 15 is 0 Å². The molecule has 236 valence electrons. The molecular formula is C35H67NO4. The Kier molecular flexibility index (Phi) is 29.9. The Morgan fingerprint density at radius 2 is 1.00 bits per heavy atom. The fourth-order valence-corrected chi connectivity index (χ4v) is 5.05. The fourth-order valence-electron chi connectivity index (χ4n) is 5.05. The summed E-state index contributed by atoms with van der Waals surface area (Å²) in [5.41, 5.74) is 0. The van der Waals surface area contributed by atoms with Crippen molar-refractivity contribution in [2.75, 3.05) is 6.61 Å². The van der Waals surface area contributed by atoms with Crippen LogP contribution in [0, 0.1) is 0 Å². The van der Waals surface area contributed by atoms with Crippen molar-refractivity contribution in [1.82, 2.24) is 5.32 Å². The third kappa shape index (κ3) is 25.8. The van der Waals surface area contributed by atoms with E-state index in [2.05, 4.69) is 43.5 Å². The molecule has 3 atom stereocenters. The molecular weight excluding hydrogens is 498 g/mol. The van der Waals surface area contributed by atoms with Crippen LogP contribution in [0.15, 0.2) is 24.3 Å². The van der Waals surface area contributed by atoms with Gasteiger partial charge in [0.05, 0.1) is 18.8 Å². The molecule has 5 heteroatoms. The minimum atomic E-state index is -1.16. The molecule has 0 aromatic heterocycles. The normalized spacial score (nSPS) is 14.2. The minimum absolute atomic E-state index is 0.192. The molecule has 3 unspecified atom stereocenters. The Bertz CT molecular complexity index is 592. The zero-order valence-corrected chi connectivity index (χ0v) is 26.5.